The second-order valence-corrected chi connectivity index (χ2v) is 8.81. The van der Waals surface area contributed by atoms with Crippen LogP contribution in [0.5, 0.6) is 0 Å². The molecule has 2 aromatic heterocycles. The fraction of sp³-hybridized carbons (Fsp3) is 0.222. The van der Waals surface area contributed by atoms with Gasteiger partial charge in [-0.25, -0.2) is 18.1 Å². The number of nitrogens with zero attached hydrogens (tertiary/aromatic N) is 2. The average molecular weight is 390 g/mol. The summed E-state index contributed by atoms with van der Waals surface area (Å²) >= 11 is 1.26. The second kappa shape index (κ2) is 7.94. The third-order valence-corrected chi connectivity index (χ3v) is 7.03. The first-order chi connectivity index (χ1) is 12.5. The average Bonchev–Trinajstić information content (AvgIpc) is 3.14. The van der Waals surface area contributed by atoms with Crippen LogP contribution >= 0.6 is 11.3 Å². The van der Waals surface area contributed by atoms with Crippen molar-refractivity contribution in [1.29, 1.82) is 0 Å². The zero-order valence-corrected chi connectivity index (χ0v) is 15.9. The summed E-state index contributed by atoms with van der Waals surface area (Å²) in [5, 5.41) is 0. The summed E-state index contributed by atoms with van der Waals surface area (Å²) in [5.74, 6) is 0. The number of aryl methyl sites for hydroxylation is 1. The Hall–Kier alpha value is -2.29. The van der Waals surface area contributed by atoms with Crippen molar-refractivity contribution in [3.8, 4) is 11.3 Å². The van der Waals surface area contributed by atoms with Crippen LogP contribution in [-0.2, 0) is 23.0 Å². The molecule has 0 radical (unpaired) electrons. The van der Waals surface area contributed by atoms with Crippen LogP contribution in [0.4, 0.5) is 0 Å². The van der Waals surface area contributed by atoms with Crippen molar-refractivity contribution in [2.45, 2.75) is 24.1 Å². The predicted molar refractivity (Wildman–Crippen MR) is 103 cm³/mol. The van der Waals surface area contributed by atoms with Crippen LogP contribution < -0.4 is 10.3 Å². The lowest BCUT2D eigenvalue weighted by atomic mass is 10.1. The molecular formula is C18H19N3O3S2. The largest absolute Gasteiger partial charge is 0.298 e. The number of benzene rings is 1. The minimum atomic E-state index is -3.55. The Morgan fingerprint density at radius 3 is 2.58 bits per heavy atom. The maximum Gasteiger partial charge on any atom is 0.253 e. The van der Waals surface area contributed by atoms with Crippen molar-refractivity contribution >= 4 is 21.4 Å². The van der Waals surface area contributed by atoms with E-state index in [1.165, 1.54) is 28.3 Å². The molecule has 3 aromatic rings. The Balaban J connectivity index is 1.66. The van der Waals surface area contributed by atoms with E-state index in [1.807, 2.05) is 43.3 Å². The highest BCUT2D eigenvalue weighted by Crippen LogP contribution is 2.21. The minimum absolute atomic E-state index is 0.119. The third kappa shape index (κ3) is 4.27. The summed E-state index contributed by atoms with van der Waals surface area (Å²) in [6.07, 6.45) is 2.24. The SMILES string of the molecule is CCc1ccc(S(=O)(=O)NCCn2cnc(-c3ccccc3)cc2=O)s1. The number of aromatic nitrogens is 2. The highest BCUT2D eigenvalue weighted by Gasteiger charge is 2.16. The fourth-order valence-electron chi connectivity index (χ4n) is 2.42. The molecule has 8 heteroatoms. The molecule has 0 aliphatic heterocycles. The molecule has 2 heterocycles. The van der Waals surface area contributed by atoms with Crippen LogP contribution in [0.1, 0.15) is 11.8 Å². The number of thiophene rings is 1. The molecule has 136 valence electrons. The summed E-state index contributed by atoms with van der Waals surface area (Å²) in [4.78, 5) is 17.5. The van der Waals surface area contributed by atoms with E-state index in [1.54, 1.807) is 6.07 Å². The van der Waals surface area contributed by atoms with Gasteiger partial charge in [0.15, 0.2) is 0 Å². The number of hydrogen-bond acceptors (Lipinski definition) is 5. The van der Waals surface area contributed by atoms with Crippen molar-refractivity contribution in [2.24, 2.45) is 0 Å². The summed E-state index contributed by atoms with van der Waals surface area (Å²) < 4.78 is 28.8. The van der Waals surface area contributed by atoms with Gasteiger partial charge in [0.1, 0.15) is 4.21 Å². The monoisotopic (exact) mass is 389 g/mol. The topological polar surface area (TPSA) is 81.1 Å². The first kappa shape index (κ1) is 18.5. The molecule has 1 aromatic carbocycles. The van der Waals surface area contributed by atoms with Crippen molar-refractivity contribution in [2.75, 3.05) is 6.54 Å². The summed E-state index contributed by atoms with van der Waals surface area (Å²) in [5.41, 5.74) is 1.24. The van der Waals surface area contributed by atoms with Gasteiger partial charge in [-0.2, -0.15) is 0 Å². The van der Waals surface area contributed by atoms with Gasteiger partial charge in [0, 0.05) is 29.6 Å². The van der Waals surface area contributed by atoms with Crippen LogP contribution in [0.3, 0.4) is 0 Å². The fourth-order valence-corrected chi connectivity index (χ4v) is 4.79. The number of sulfonamides is 1. The molecule has 0 amide bonds. The number of nitrogens with one attached hydrogen (secondary N) is 1. The zero-order chi connectivity index (χ0) is 18.6. The van der Waals surface area contributed by atoms with E-state index in [9.17, 15) is 13.2 Å². The molecule has 0 saturated heterocycles. The van der Waals surface area contributed by atoms with Crippen LogP contribution in [0.15, 0.2) is 63.9 Å². The molecular weight excluding hydrogens is 370 g/mol. The Bertz CT molecular complexity index is 1040. The molecule has 1 N–H and O–H groups in total. The normalized spacial score (nSPS) is 11.6. The smallest absolute Gasteiger partial charge is 0.253 e. The Morgan fingerprint density at radius 1 is 1.15 bits per heavy atom. The van der Waals surface area contributed by atoms with Crippen molar-refractivity contribution in [1.82, 2.24) is 14.3 Å². The molecule has 26 heavy (non-hydrogen) atoms. The molecule has 0 saturated carbocycles. The van der Waals surface area contributed by atoms with Gasteiger partial charge in [0.05, 0.1) is 12.0 Å². The van der Waals surface area contributed by atoms with E-state index in [0.29, 0.717) is 9.90 Å². The lowest BCUT2D eigenvalue weighted by Crippen LogP contribution is -2.30. The molecule has 0 bridgehead atoms. The molecule has 0 fully saturated rings. The molecule has 3 rings (SSSR count). The van der Waals surface area contributed by atoms with E-state index >= 15 is 0 Å². The van der Waals surface area contributed by atoms with Crippen molar-refractivity contribution in [3.05, 3.63) is 70.1 Å². The molecule has 0 atom stereocenters. The zero-order valence-electron chi connectivity index (χ0n) is 14.3. The second-order valence-electron chi connectivity index (χ2n) is 5.64. The highest BCUT2D eigenvalue weighted by molar-refractivity contribution is 7.91. The van der Waals surface area contributed by atoms with Gasteiger partial charge >= 0.3 is 0 Å². The first-order valence-electron chi connectivity index (χ1n) is 8.20. The molecule has 0 aliphatic carbocycles. The molecule has 0 aliphatic rings. The van der Waals surface area contributed by atoms with Crippen LogP contribution in [0, 0.1) is 0 Å². The molecule has 6 nitrogen and oxygen atoms in total. The summed E-state index contributed by atoms with van der Waals surface area (Å²) in [7, 11) is -3.55. The Labute approximate surface area is 156 Å². The third-order valence-electron chi connectivity index (χ3n) is 3.84. The Morgan fingerprint density at radius 2 is 1.92 bits per heavy atom. The maximum atomic E-state index is 12.3. The summed E-state index contributed by atoms with van der Waals surface area (Å²) in [6.45, 7) is 2.31. The van der Waals surface area contributed by atoms with Crippen LogP contribution in [-0.4, -0.2) is 24.5 Å². The molecule has 0 spiro atoms. The van der Waals surface area contributed by atoms with Gasteiger partial charge in [-0.05, 0) is 18.6 Å². The van der Waals surface area contributed by atoms with E-state index < -0.39 is 10.0 Å². The lowest BCUT2D eigenvalue weighted by Gasteiger charge is -2.08. The quantitative estimate of drug-likeness (QED) is 0.673. The number of hydrogen-bond donors (Lipinski definition) is 1. The van der Waals surface area contributed by atoms with E-state index in [2.05, 4.69) is 9.71 Å². The first-order valence-corrected chi connectivity index (χ1v) is 10.5. The van der Waals surface area contributed by atoms with Gasteiger partial charge in [0.25, 0.3) is 5.56 Å². The predicted octanol–water partition coefficient (Wildman–Crippen LogP) is 2.51. The van der Waals surface area contributed by atoms with E-state index in [0.717, 1.165) is 16.9 Å². The standard InChI is InChI=1S/C18H19N3O3S2/c1-2-15-8-9-18(25-15)26(23,24)20-10-11-21-13-19-16(12-17(21)22)14-6-4-3-5-7-14/h3-9,12-13,20H,2,10-11H2,1H3. The highest BCUT2D eigenvalue weighted by atomic mass is 32.2. The van der Waals surface area contributed by atoms with Crippen LogP contribution in [0.25, 0.3) is 11.3 Å². The summed E-state index contributed by atoms with van der Waals surface area (Å²) in [6, 6.07) is 14.3. The van der Waals surface area contributed by atoms with Crippen LogP contribution in [0.2, 0.25) is 0 Å². The van der Waals surface area contributed by atoms with Gasteiger partial charge in [-0.15, -0.1) is 11.3 Å². The number of rotatable bonds is 7. The van der Waals surface area contributed by atoms with Crippen molar-refractivity contribution in [3.63, 3.8) is 0 Å². The van der Waals surface area contributed by atoms with Gasteiger partial charge in [0.2, 0.25) is 10.0 Å². The van der Waals surface area contributed by atoms with Crippen molar-refractivity contribution < 1.29 is 8.42 Å². The molecule has 0 unspecified atom stereocenters. The lowest BCUT2D eigenvalue weighted by molar-refractivity contribution is 0.571. The van der Waals surface area contributed by atoms with Gasteiger partial charge < -0.3 is 0 Å². The Kier molecular flexibility index (Phi) is 5.65. The van der Waals surface area contributed by atoms with Gasteiger partial charge in [-0.1, -0.05) is 37.3 Å². The minimum Gasteiger partial charge on any atom is -0.298 e. The van der Waals surface area contributed by atoms with Gasteiger partial charge in [-0.3, -0.25) is 9.36 Å². The van der Waals surface area contributed by atoms with E-state index in [4.69, 9.17) is 0 Å². The van der Waals surface area contributed by atoms with E-state index in [-0.39, 0.29) is 18.6 Å². The maximum absolute atomic E-state index is 12.3.